The molecular formula is C15H17F2NS. The van der Waals surface area contributed by atoms with Gasteiger partial charge in [-0.1, -0.05) is 13.0 Å². The number of nitrogens with one attached hydrogen (secondary N) is 1. The van der Waals surface area contributed by atoms with E-state index in [0.717, 1.165) is 23.4 Å². The lowest BCUT2D eigenvalue weighted by Crippen LogP contribution is -2.23. The number of hydrogen-bond acceptors (Lipinski definition) is 2. The van der Waals surface area contributed by atoms with Crippen molar-refractivity contribution >= 4 is 11.3 Å². The van der Waals surface area contributed by atoms with Crippen LogP contribution in [-0.2, 0) is 0 Å². The quantitative estimate of drug-likeness (QED) is 0.855. The van der Waals surface area contributed by atoms with E-state index in [9.17, 15) is 8.78 Å². The molecule has 1 unspecified atom stereocenters. The first kappa shape index (κ1) is 14.2. The number of aryl methyl sites for hydroxylation is 1. The lowest BCUT2D eigenvalue weighted by atomic mass is 10.0. The van der Waals surface area contributed by atoms with Crippen molar-refractivity contribution in [3.63, 3.8) is 0 Å². The van der Waals surface area contributed by atoms with Crippen molar-refractivity contribution in [1.29, 1.82) is 0 Å². The summed E-state index contributed by atoms with van der Waals surface area (Å²) in [7, 11) is 0. The highest BCUT2D eigenvalue weighted by Crippen LogP contribution is 2.30. The molecule has 0 saturated heterocycles. The molecule has 1 heterocycles. The van der Waals surface area contributed by atoms with Crippen molar-refractivity contribution in [3.05, 3.63) is 57.3 Å². The van der Waals surface area contributed by atoms with Gasteiger partial charge in [0.2, 0.25) is 0 Å². The fourth-order valence-corrected chi connectivity index (χ4v) is 3.05. The number of halogens is 2. The van der Waals surface area contributed by atoms with E-state index >= 15 is 0 Å². The van der Waals surface area contributed by atoms with E-state index in [4.69, 9.17) is 0 Å². The van der Waals surface area contributed by atoms with Crippen LogP contribution in [0.5, 0.6) is 0 Å². The van der Waals surface area contributed by atoms with Crippen LogP contribution in [0.2, 0.25) is 0 Å². The van der Waals surface area contributed by atoms with Gasteiger partial charge >= 0.3 is 0 Å². The van der Waals surface area contributed by atoms with Gasteiger partial charge in [0.05, 0.1) is 6.04 Å². The molecular weight excluding hydrogens is 264 g/mol. The van der Waals surface area contributed by atoms with E-state index in [0.29, 0.717) is 0 Å². The first-order chi connectivity index (χ1) is 9.13. The van der Waals surface area contributed by atoms with Crippen molar-refractivity contribution in [3.8, 4) is 0 Å². The molecule has 4 heteroatoms. The Morgan fingerprint density at radius 3 is 2.58 bits per heavy atom. The van der Waals surface area contributed by atoms with Gasteiger partial charge in [0.25, 0.3) is 0 Å². The molecule has 0 radical (unpaired) electrons. The first-order valence-corrected chi connectivity index (χ1v) is 7.23. The lowest BCUT2D eigenvalue weighted by molar-refractivity contribution is 0.503. The Morgan fingerprint density at radius 2 is 2.00 bits per heavy atom. The van der Waals surface area contributed by atoms with E-state index in [1.54, 1.807) is 17.4 Å². The van der Waals surface area contributed by atoms with Crippen molar-refractivity contribution < 1.29 is 8.78 Å². The second kappa shape index (κ2) is 6.26. The predicted octanol–water partition coefficient (Wildman–Crippen LogP) is 4.42. The second-order valence-corrected chi connectivity index (χ2v) is 5.48. The molecule has 2 aromatic rings. The van der Waals surface area contributed by atoms with Crippen molar-refractivity contribution in [1.82, 2.24) is 5.32 Å². The minimum Gasteiger partial charge on any atom is -0.306 e. The van der Waals surface area contributed by atoms with E-state index in [-0.39, 0.29) is 6.04 Å². The van der Waals surface area contributed by atoms with Gasteiger partial charge in [-0.25, -0.2) is 8.78 Å². The van der Waals surface area contributed by atoms with Gasteiger partial charge in [0.15, 0.2) is 11.6 Å². The van der Waals surface area contributed by atoms with Crippen molar-refractivity contribution in [2.75, 3.05) is 6.54 Å². The number of rotatable bonds is 5. The van der Waals surface area contributed by atoms with Crippen LogP contribution in [0.25, 0.3) is 0 Å². The van der Waals surface area contributed by atoms with E-state index in [2.05, 4.69) is 12.2 Å². The predicted molar refractivity (Wildman–Crippen MR) is 75.6 cm³/mol. The van der Waals surface area contributed by atoms with Crippen LogP contribution in [-0.4, -0.2) is 6.54 Å². The average Bonchev–Trinajstić information content (AvgIpc) is 2.80. The monoisotopic (exact) mass is 281 g/mol. The molecule has 0 spiro atoms. The molecule has 0 aliphatic rings. The maximum atomic E-state index is 13.4. The summed E-state index contributed by atoms with van der Waals surface area (Å²) < 4.78 is 26.4. The molecule has 1 N–H and O–H groups in total. The second-order valence-electron chi connectivity index (χ2n) is 4.53. The molecule has 0 bridgehead atoms. The molecule has 0 saturated carbocycles. The van der Waals surface area contributed by atoms with Crippen LogP contribution in [0.4, 0.5) is 8.78 Å². The number of benzene rings is 1. The maximum Gasteiger partial charge on any atom is 0.159 e. The zero-order valence-corrected chi connectivity index (χ0v) is 11.9. The van der Waals surface area contributed by atoms with Crippen LogP contribution in [0.1, 0.15) is 35.4 Å². The Morgan fingerprint density at radius 1 is 1.21 bits per heavy atom. The van der Waals surface area contributed by atoms with Gasteiger partial charge in [-0.2, -0.15) is 0 Å². The zero-order valence-electron chi connectivity index (χ0n) is 11.0. The number of hydrogen-bond donors (Lipinski definition) is 1. The van der Waals surface area contributed by atoms with Crippen LogP contribution in [0.3, 0.4) is 0 Å². The Balaban J connectivity index is 2.37. The molecule has 1 nitrogen and oxygen atoms in total. The Labute approximate surface area is 116 Å². The normalized spacial score (nSPS) is 12.6. The molecule has 2 rings (SSSR count). The van der Waals surface area contributed by atoms with Crippen molar-refractivity contribution in [2.24, 2.45) is 0 Å². The van der Waals surface area contributed by atoms with Crippen LogP contribution in [0.15, 0.2) is 29.6 Å². The SMILES string of the molecule is CCCNC(c1ccc(F)c(F)c1)c1sccc1C. The fraction of sp³-hybridized carbons (Fsp3) is 0.333. The molecule has 1 aromatic heterocycles. The van der Waals surface area contributed by atoms with Crippen molar-refractivity contribution in [2.45, 2.75) is 26.3 Å². The summed E-state index contributed by atoms with van der Waals surface area (Å²) in [4.78, 5) is 1.15. The smallest absolute Gasteiger partial charge is 0.159 e. The number of thiophene rings is 1. The van der Waals surface area contributed by atoms with Gasteiger partial charge in [-0.05, 0) is 54.6 Å². The van der Waals surface area contributed by atoms with Gasteiger partial charge in [0, 0.05) is 4.88 Å². The third-order valence-corrected chi connectivity index (χ3v) is 4.12. The maximum absolute atomic E-state index is 13.4. The molecule has 0 aliphatic carbocycles. The van der Waals surface area contributed by atoms with E-state index < -0.39 is 11.6 Å². The first-order valence-electron chi connectivity index (χ1n) is 6.35. The molecule has 0 amide bonds. The summed E-state index contributed by atoms with van der Waals surface area (Å²) in [6.45, 7) is 4.95. The summed E-state index contributed by atoms with van der Waals surface area (Å²) in [6.07, 6.45) is 0.991. The van der Waals surface area contributed by atoms with E-state index in [1.165, 1.54) is 17.7 Å². The largest absolute Gasteiger partial charge is 0.306 e. The fourth-order valence-electron chi connectivity index (χ4n) is 2.02. The molecule has 1 aromatic carbocycles. The van der Waals surface area contributed by atoms with Gasteiger partial charge in [0.1, 0.15) is 0 Å². The third-order valence-electron chi connectivity index (χ3n) is 3.04. The van der Waals surface area contributed by atoms with E-state index in [1.807, 2.05) is 18.4 Å². The highest BCUT2D eigenvalue weighted by Gasteiger charge is 2.18. The van der Waals surface area contributed by atoms with Gasteiger partial charge in [-0.3, -0.25) is 0 Å². The third kappa shape index (κ3) is 3.19. The van der Waals surface area contributed by atoms with Gasteiger partial charge in [-0.15, -0.1) is 11.3 Å². The van der Waals surface area contributed by atoms with Gasteiger partial charge < -0.3 is 5.32 Å². The molecule has 0 aliphatic heterocycles. The highest BCUT2D eigenvalue weighted by molar-refractivity contribution is 7.10. The molecule has 0 fully saturated rings. The summed E-state index contributed by atoms with van der Waals surface area (Å²) in [5, 5.41) is 5.42. The highest BCUT2D eigenvalue weighted by atomic mass is 32.1. The summed E-state index contributed by atoms with van der Waals surface area (Å²) in [5.41, 5.74) is 1.93. The lowest BCUT2D eigenvalue weighted by Gasteiger charge is -2.19. The van der Waals surface area contributed by atoms with Crippen LogP contribution in [0, 0.1) is 18.6 Å². The average molecular weight is 281 g/mol. The molecule has 102 valence electrons. The van der Waals surface area contributed by atoms with Crippen LogP contribution >= 0.6 is 11.3 Å². The minimum absolute atomic E-state index is 0.0740. The van der Waals surface area contributed by atoms with Crippen LogP contribution < -0.4 is 5.32 Å². The summed E-state index contributed by atoms with van der Waals surface area (Å²) in [6, 6.07) is 6.08. The summed E-state index contributed by atoms with van der Waals surface area (Å²) >= 11 is 1.63. The molecule has 19 heavy (non-hydrogen) atoms. The standard InChI is InChI=1S/C15H17F2NS/c1-3-7-18-14(15-10(2)6-8-19-15)11-4-5-12(16)13(17)9-11/h4-6,8-9,14,18H,3,7H2,1-2H3. The minimum atomic E-state index is -0.805. The molecule has 1 atom stereocenters. The Bertz CT molecular complexity index is 551. The topological polar surface area (TPSA) is 12.0 Å². The zero-order chi connectivity index (χ0) is 13.8. The summed E-state index contributed by atoms with van der Waals surface area (Å²) in [5.74, 6) is -1.60. The Hall–Kier alpha value is -1.26. The Kier molecular flexibility index (Phi) is 4.66.